The average molecular weight is 327 g/mol. The number of anilines is 3. The van der Waals surface area contributed by atoms with Crippen LogP contribution in [0.15, 0.2) is 53.9 Å². The van der Waals surface area contributed by atoms with Gasteiger partial charge < -0.3 is 10.6 Å². The van der Waals surface area contributed by atoms with Crippen LogP contribution in [0.1, 0.15) is 6.92 Å². The summed E-state index contributed by atoms with van der Waals surface area (Å²) >= 11 is 1.46. The molecule has 0 aliphatic heterocycles. The Morgan fingerprint density at radius 2 is 1.87 bits per heavy atom. The standard InChI is InChI=1S/C17H14FN3OS/c1-11(22)19-14-3-2-4-15(9-14)20-17-21-16(10-23-17)12-5-7-13(18)8-6-12/h2-10H,1H3,(H,19,22)(H,20,21). The van der Waals surface area contributed by atoms with Gasteiger partial charge in [-0.2, -0.15) is 0 Å². The van der Waals surface area contributed by atoms with Crippen molar-refractivity contribution in [2.75, 3.05) is 10.6 Å². The minimum Gasteiger partial charge on any atom is -0.331 e. The number of hydrogen-bond donors (Lipinski definition) is 2. The third kappa shape index (κ3) is 3.92. The van der Waals surface area contributed by atoms with Crippen LogP contribution in [0.4, 0.5) is 20.9 Å². The molecule has 1 amide bonds. The van der Waals surface area contributed by atoms with Crippen molar-refractivity contribution < 1.29 is 9.18 Å². The van der Waals surface area contributed by atoms with Crippen LogP contribution in [-0.4, -0.2) is 10.9 Å². The first kappa shape index (κ1) is 15.2. The number of carbonyl (C=O) groups is 1. The summed E-state index contributed by atoms with van der Waals surface area (Å²) < 4.78 is 13.0. The normalized spacial score (nSPS) is 10.3. The van der Waals surface area contributed by atoms with Crippen LogP contribution >= 0.6 is 11.3 Å². The number of thiazole rings is 1. The van der Waals surface area contributed by atoms with Crippen molar-refractivity contribution >= 4 is 33.8 Å². The number of benzene rings is 2. The van der Waals surface area contributed by atoms with Crippen LogP contribution in [0.5, 0.6) is 0 Å². The largest absolute Gasteiger partial charge is 0.331 e. The highest BCUT2D eigenvalue weighted by molar-refractivity contribution is 7.14. The minimum absolute atomic E-state index is 0.116. The summed E-state index contributed by atoms with van der Waals surface area (Å²) in [6, 6.07) is 13.6. The fourth-order valence-electron chi connectivity index (χ4n) is 2.09. The molecule has 0 saturated heterocycles. The lowest BCUT2D eigenvalue weighted by atomic mass is 10.2. The lowest BCUT2D eigenvalue weighted by Gasteiger charge is -2.06. The Labute approximate surface area is 137 Å². The van der Waals surface area contributed by atoms with Crippen LogP contribution in [0.25, 0.3) is 11.3 Å². The number of nitrogens with zero attached hydrogens (tertiary/aromatic N) is 1. The van der Waals surface area contributed by atoms with Crippen LogP contribution in [0, 0.1) is 5.82 Å². The van der Waals surface area contributed by atoms with E-state index in [-0.39, 0.29) is 11.7 Å². The van der Waals surface area contributed by atoms with Gasteiger partial charge >= 0.3 is 0 Å². The molecule has 0 fully saturated rings. The number of halogens is 1. The lowest BCUT2D eigenvalue weighted by Crippen LogP contribution is -2.05. The molecule has 1 aromatic heterocycles. The maximum atomic E-state index is 13.0. The van der Waals surface area contributed by atoms with Gasteiger partial charge in [0.1, 0.15) is 5.82 Å². The fraction of sp³-hybridized carbons (Fsp3) is 0.0588. The zero-order valence-electron chi connectivity index (χ0n) is 12.3. The van der Waals surface area contributed by atoms with Gasteiger partial charge in [0, 0.05) is 29.2 Å². The molecule has 0 spiro atoms. The van der Waals surface area contributed by atoms with Crippen LogP contribution in [0.2, 0.25) is 0 Å². The molecular formula is C17H14FN3OS. The molecule has 6 heteroatoms. The van der Waals surface area contributed by atoms with Crippen LogP contribution < -0.4 is 10.6 Å². The Kier molecular flexibility index (Phi) is 4.34. The Morgan fingerprint density at radius 1 is 1.13 bits per heavy atom. The fourth-order valence-corrected chi connectivity index (χ4v) is 2.83. The van der Waals surface area contributed by atoms with Gasteiger partial charge in [0.25, 0.3) is 0 Å². The molecule has 0 unspecified atom stereocenters. The van der Waals surface area contributed by atoms with Gasteiger partial charge in [0.2, 0.25) is 5.91 Å². The number of hydrogen-bond acceptors (Lipinski definition) is 4. The van der Waals surface area contributed by atoms with Gasteiger partial charge in [-0.05, 0) is 42.5 Å². The predicted octanol–water partition coefficient (Wildman–Crippen LogP) is 4.65. The molecule has 1 heterocycles. The molecule has 0 aliphatic carbocycles. The van der Waals surface area contributed by atoms with E-state index in [1.165, 1.54) is 30.4 Å². The number of nitrogens with one attached hydrogen (secondary N) is 2. The van der Waals surface area contributed by atoms with E-state index in [0.29, 0.717) is 0 Å². The van der Waals surface area contributed by atoms with Gasteiger partial charge in [0.05, 0.1) is 5.69 Å². The molecule has 2 N–H and O–H groups in total. The zero-order chi connectivity index (χ0) is 16.2. The molecule has 0 bridgehead atoms. The SMILES string of the molecule is CC(=O)Nc1cccc(Nc2nc(-c3ccc(F)cc3)cs2)c1. The van der Waals surface area contributed by atoms with E-state index in [1.807, 2.05) is 29.6 Å². The van der Waals surface area contributed by atoms with Gasteiger partial charge in [-0.1, -0.05) is 6.07 Å². The summed E-state index contributed by atoms with van der Waals surface area (Å²) in [5, 5.41) is 8.57. The van der Waals surface area contributed by atoms with E-state index >= 15 is 0 Å². The third-order valence-electron chi connectivity index (χ3n) is 3.08. The van der Waals surface area contributed by atoms with Gasteiger partial charge in [-0.25, -0.2) is 9.37 Å². The maximum Gasteiger partial charge on any atom is 0.221 e. The highest BCUT2D eigenvalue weighted by Crippen LogP contribution is 2.28. The van der Waals surface area contributed by atoms with Crippen molar-refractivity contribution in [1.82, 2.24) is 4.98 Å². The first-order valence-electron chi connectivity index (χ1n) is 6.96. The quantitative estimate of drug-likeness (QED) is 0.733. The van der Waals surface area contributed by atoms with Crippen molar-refractivity contribution in [3.8, 4) is 11.3 Å². The Bertz CT molecular complexity index is 830. The molecule has 0 aliphatic rings. The molecular weight excluding hydrogens is 313 g/mol. The zero-order valence-corrected chi connectivity index (χ0v) is 13.2. The summed E-state index contributed by atoms with van der Waals surface area (Å²) in [4.78, 5) is 15.6. The first-order chi connectivity index (χ1) is 11.1. The highest BCUT2D eigenvalue weighted by Gasteiger charge is 2.06. The second-order valence-electron chi connectivity index (χ2n) is 4.93. The second-order valence-corrected chi connectivity index (χ2v) is 5.79. The second kappa shape index (κ2) is 6.58. The average Bonchev–Trinajstić information content (AvgIpc) is 2.96. The number of rotatable bonds is 4. The van der Waals surface area contributed by atoms with Gasteiger partial charge in [-0.15, -0.1) is 11.3 Å². The van der Waals surface area contributed by atoms with Crippen molar-refractivity contribution in [2.45, 2.75) is 6.92 Å². The Hall–Kier alpha value is -2.73. The predicted molar refractivity (Wildman–Crippen MR) is 91.5 cm³/mol. The van der Waals surface area contributed by atoms with Gasteiger partial charge in [-0.3, -0.25) is 4.79 Å². The monoisotopic (exact) mass is 327 g/mol. The van der Waals surface area contributed by atoms with Gasteiger partial charge in [0.15, 0.2) is 5.13 Å². The molecule has 4 nitrogen and oxygen atoms in total. The number of carbonyl (C=O) groups excluding carboxylic acids is 1. The molecule has 3 aromatic rings. The molecule has 0 radical (unpaired) electrons. The third-order valence-corrected chi connectivity index (χ3v) is 3.84. The lowest BCUT2D eigenvalue weighted by molar-refractivity contribution is -0.114. The van der Waals surface area contributed by atoms with Crippen molar-refractivity contribution in [2.24, 2.45) is 0 Å². The molecule has 0 atom stereocenters. The molecule has 23 heavy (non-hydrogen) atoms. The van der Waals surface area contributed by atoms with Crippen LogP contribution in [-0.2, 0) is 4.79 Å². The summed E-state index contributed by atoms with van der Waals surface area (Å²) in [7, 11) is 0. The summed E-state index contributed by atoms with van der Waals surface area (Å²) in [5.74, 6) is -0.382. The summed E-state index contributed by atoms with van der Waals surface area (Å²) in [5.41, 5.74) is 3.20. The number of aromatic nitrogens is 1. The van der Waals surface area contributed by atoms with Crippen molar-refractivity contribution in [3.05, 3.63) is 59.7 Å². The van der Waals surface area contributed by atoms with E-state index in [0.717, 1.165) is 27.8 Å². The number of amides is 1. The summed E-state index contributed by atoms with van der Waals surface area (Å²) in [6.45, 7) is 1.47. The Morgan fingerprint density at radius 3 is 2.61 bits per heavy atom. The first-order valence-corrected chi connectivity index (χ1v) is 7.84. The molecule has 116 valence electrons. The minimum atomic E-state index is -0.267. The van der Waals surface area contributed by atoms with E-state index in [4.69, 9.17) is 0 Å². The van der Waals surface area contributed by atoms with Crippen molar-refractivity contribution in [1.29, 1.82) is 0 Å². The maximum absolute atomic E-state index is 13.0. The highest BCUT2D eigenvalue weighted by atomic mass is 32.1. The molecule has 2 aromatic carbocycles. The van der Waals surface area contributed by atoms with E-state index < -0.39 is 0 Å². The Balaban J connectivity index is 1.76. The topological polar surface area (TPSA) is 54.0 Å². The summed E-state index contributed by atoms with van der Waals surface area (Å²) in [6.07, 6.45) is 0. The van der Waals surface area contributed by atoms with E-state index in [9.17, 15) is 9.18 Å². The van der Waals surface area contributed by atoms with Crippen molar-refractivity contribution in [3.63, 3.8) is 0 Å². The van der Waals surface area contributed by atoms with E-state index in [2.05, 4.69) is 15.6 Å². The van der Waals surface area contributed by atoms with E-state index in [1.54, 1.807) is 12.1 Å². The molecule has 3 rings (SSSR count). The van der Waals surface area contributed by atoms with Crippen LogP contribution in [0.3, 0.4) is 0 Å². The molecule has 0 saturated carbocycles. The smallest absolute Gasteiger partial charge is 0.221 e.